The molecule has 1 heterocycles. The lowest BCUT2D eigenvalue weighted by molar-refractivity contribution is -0.123. The summed E-state index contributed by atoms with van der Waals surface area (Å²) in [6.45, 7) is 1.59. The van der Waals surface area contributed by atoms with E-state index in [1.165, 1.54) is 18.5 Å². The van der Waals surface area contributed by atoms with Gasteiger partial charge in [-0.1, -0.05) is 23.7 Å². The van der Waals surface area contributed by atoms with E-state index in [0.717, 1.165) is 11.3 Å². The van der Waals surface area contributed by atoms with E-state index in [1.54, 1.807) is 38.3 Å². The molecule has 0 saturated carbocycles. The molecule has 0 fully saturated rings. The van der Waals surface area contributed by atoms with Crippen molar-refractivity contribution in [2.24, 2.45) is 0 Å². The minimum absolute atomic E-state index is 0.328. The smallest absolute Gasteiger partial charge is 0.246 e. The van der Waals surface area contributed by atoms with E-state index in [-0.39, 0.29) is 11.8 Å². The van der Waals surface area contributed by atoms with Crippen molar-refractivity contribution in [3.63, 3.8) is 0 Å². The van der Waals surface area contributed by atoms with Crippen LogP contribution in [0.3, 0.4) is 0 Å². The van der Waals surface area contributed by atoms with Gasteiger partial charge in [-0.05, 0) is 36.8 Å². The van der Waals surface area contributed by atoms with Crippen molar-refractivity contribution in [3.05, 3.63) is 59.4 Å². The van der Waals surface area contributed by atoms with Crippen LogP contribution in [-0.4, -0.2) is 29.9 Å². The Morgan fingerprint density at radius 2 is 1.96 bits per heavy atom. The Hall–Kier alpha value is -2.86. The van der Waals surface area contributed by atoms with Crippen molar-refractivity contribution in [1.29, 1.82) is 0 Å². The summed E-state index contributed by atoms with van der Waals surface area (Å²) >= 11 is 5.93. The van der Waals surface area contributed by atoms with Crippen molar-refractivity contribution in [1.82, 2.24) is 10.3 Å². The molecule has 1 aromatic heterocycles. The van der Waals surface area contributed by atoms with Gasteiger partial charge in [0, 0.05) is 18.5 Å². The molecule has 1 atom stereocenters. The number of aromatic nitrogens is 1. The first-order valence-corrected chi connectivity index (χ1v) is 7.90. The van der Waals surface area contributed by atoms with E-state index < -0.39 is 6.04 Å². The van der Waals surface area contributed by atoms with Gasteiger partial charge in [0.15, 0.2) is 0 Å². The molecule has 0 aliphatic heterocycles. The monoisotopic (exact) mass is 359 g/mol. The van der Waals surface area contributed by atoms with Gasteiger partial charge in [-0.2, -0.15) is 0 Å². The van der Waals surface area contributed by atoms with Crippen molar-refractivity contribution < 1.29 is 14.3 Å². The van der Waals surface area contributed by atoms with Gasteiger partial charge in [-0.15, -0.1) is 0 Å². The number of halogens is 1. The summed E-state index contributed by atoms with van der Waals surface area (Å²) in [5.74, 6) is -0.0136. The Balaban J connectivity index is 1.89. The van der Waals surface area contributed by atoms with Gasteiger partial charge in [0.2, 0.25) is 11.8 Å². The highest BCUT2D eigenvalue weighted by molar-refractivity contribution is 6.33. The second-order valence-corrected chi connectivity index (χ2v) is 5.59. The van der Waals surface area contributed by atoms with Crippen LogP contribution in [0.2, 0.25) is 5.02 Å². The van der Waals surface area contributed by atoms with E-state index in [4.69, 9.17) is 16.3 Å². The molecule has 0 radical (unpaired) electrons. The topological polar surface area (TPSA) is 80.3 Å². The lowest BCUT2D eigenvalue weighted by Gasteiger charge is -2.13. The summed E-state index contributed by atoms with van der Waals surface area (Å²) in [4.78, 5) is 27.9. The number of benzene rings is 1. The fraction of sp³-hybridized carbons (Fsp3) is 0.167. The Morgan fingerprint density at radius 3 is 2.60 bits per heavy atom. The Bertz CT molecular complexity index is 775. The van der Waals surface area contributed by atoms with Crippen LogP contribution in [0.25, 0.3) is 6.08 Å². The summed E-state index contributed by atoms with van der Waals surface area (Å²) < 4.78 is 5.07. The van der Waals surface area contributed by atoms with E-state index in [1.807, 2.05) is 12.1 Å². The fourth-order valence-corrected chi connectivity index (χ4v) is 2.10. The summed E-state index contributed by atoms with van der Waals surface area (Å²) in [6, 6.07) is 8.10. The predicted molar refractivity (Wildman–Crippen MR) is 97.5 cm³/mol. The second-order valence-electron chi connectivity index (χ2n) is 5.18. The van der Waals surface area contributed by atoms with Gasteiger partial charge >= 0.3 is 0 Å². The first-order valence-electron chi connectivity index (χ1n) is 7.52. The fourth-order valence-electron chi connectivity index (χ4n) is 1.93. The maximum Gasteiger partial charge on any atom is 0.246 e. The molecule has 0 bridgehead atoms. The molecule has 0 saturated heterocycles. The third-order valence-electron chi connectivity index (χ3n) is 3.33. The van der Waals surface area contributed by atoms with E-state index in [9.17, 15) is 9.59 Å². The molecule has 2 aromatic rings. The number of methoxy groups -OCH3 is 1. The van der Waals surface area contributed by atoms with Gasteiger partial charge in [0.05, 0.1) is 17.8 Å². The number of pyridine rings is 1. The Morgan fingerprint density at radius 1 is 1.24 bits per heavy atom. The van der Waals surface area contributed by atoms with Gasteiger partial charge in [0.1, 0.15) is 11.8 Å². The molecule has 0 aliphatic carbocycles. The molecular formula is C18H18ClN3O3. The summed E-state index contributed by atoms with van der Waals surface area (Å²) in [5, 5.41) is 5.56. The molecule has 7 heteroatoms. The standard InChI is InChI=1S/C18H18ClN3O3/c1-12(18(24)22-16-9-10-20-11-15(16)19)21-17(23)8-5-13-3-6-14(25-2)7-4-13/h3-12H,1-2H3,(H,21,23)(H,20,22,24)/b8-5-/t12-/m1/s1. The van der Waals surface area contributed by atoms with Gasteiger partial charge < -0.3 is 15.4 Å². The van der Waals surface area contributed by atoms with Crippen LogP contribution in [0, 0.1) is 0 Å². The zero-order valence-corrected chi connectivity index (χ0v) is 14.6. The first-order chi connectivity index (χ1) is 12.0. The van der Waals surface area contributed by atoms with Crippen molar-refractivity contribution in [2.45, 2.75) is 13.0 Å². The van der Waals surface area contributed by atoms with Crippen molar-refractivity contribution in [3.8, 4) is 5.75 Å². The van der Waals surface area contributed by atoms with Crippen LogP contribution in [0.15, 0.2) is 48.8 Å². The maximum absolute atomic E-state index is 12.1. The average Bonchev–Trinajstić information content (AvgIpc) is 2.62. The molecule has 1 aromatic carbocycles. The van der Waals surface area contributed by atoms with E-state index in [2.05, 4.69) is 15.6 Å². The zero-order valence-electron chi connectivity index (χ0n) is 13.8. The van der Waals surface area contributed by atoms with Gasteiger partial charge in [-0.25, -0.2) is 0 Å². The van der Waals surface area contributed by atoms with Gasteiger partial charge in [0.25, 0.3) is 0 Å². The molecule has 25 heavy (non-hydrogen) atoms. The third-order valence-corrected chi connectivity index (χ3v) is 3.63. The number of carbonyl (C=O) groups is 2. The highest BCUT2D eigenvalue weighted by Crippen LogP contribution is 2.19. The lowest BCUT2D eigenvalue weighted by atomic mass is 10.2. The molecule has 2 rings (SSSR count). The molecule has 0 spiro atoms. The van der Waals surface area contributed by atoms with E-state index in [0.29, 0.717) is 10.7 Å². The molecule has 2 amide bonds. The summed E-state index contributed by atoms with van der Waals surface area (Å²) in [5.41, 5.74) is 1.29. The van der Waals surface area contributed by atoms with E-state index >= 15 is 0 Å². The number of rotatable bonds is 6. The van der Waals surface area contributed by atoms with Crippen molar-refractivity contribution >= 4 is 35.2 Å². The normalized spacial score (nSPS) is 11.8. The van der Waals surface area contributed by atoms with Crippen molar-refractivity contribution in [2.75, 3.05) is 12.4 Å². The van der Waals surface area contributed by atoms with Crippen LogP contribution in [0.1, 0.15) is 12.5 Å². The number of hydrogen-bond donors (Lipinski definition) is 2. The van der Waals surface area contributed by atoms with Gasteiger partial charge in [-0.3, -0.25) is 14.6 Å². The first kappa shape index (κ1) is 18.5. The number of anilines is 1. The lowest BCUT2D eigenvalue weighted by Crippen LogP contribution is -2.40. The maximum atomic E-state index is 12.1. The number of amides is 2. The molecule has 6 nitrogen and oxygen atoms in total. The second kappa shape index (κ2) is 8.84. The van der Waals surface area contributed by atoms with Crippen LogP contribution in [0.5, 0.6) is 5.75 Å². The van der Waals surface area contributed by atoms with Crippen LogP contribution < -0.4 is 15.4 Å². The number of nitrogens with one attached hydrogen (secondary N) is 2. The van der Waals surface area contributed by atoms with Crippen LogP contribution >= 0.6 is 11.6 Å². The quantitative estimate of drug-likeness (QED) is 0.777. The largest absolute Gasteiger partial charge is 0.497 e. The molecule has 0 aliphatic rings. The molecule has 2 N–H and O–H groups in total. The average molecular weight is 360 g/mol. The number of hydrogen-bond acceptors (Lipinski definition) is 4. The van der Waals surface area contributed by atoms with Crippen LogP contribution in [0.4, 0.5) is 5.69 Å². The zero-order chi connectivity index (χ0) is 18.2. The minimum Gasteiger partial charge on any atom is -0.497 e. The predicted octanol–water partition coefficient (Wildman–Crippen LogP) is 2.90. The summed E-state index contributed by atoms with van der Waals surface area (Å²) in [6.07, 6.45) is 5.96. The molecular weight excluding hydrogens is 342 g/mol. The Labute approximate surface area is 150 Å². The highest BCUT2D eigenvalue weighted by Gasteiger charge is 2.15. The molecule has 0 unspecified atom stereocenters. The number of nitrogens with zero attached hydrogens (tertiary/aromatic N) is 1. The minimum atomic E-state index is -0.725. The molecule has 130 valence electrons. The van der Waals surface area contributed by atoms with Crippen LogP contribution in [-0.2, 0) is 9.59 Å². The third kappa shape index (κ3) is 5.61. The SMILES string of the molecule is COc1ccc(/C=C\C(=O)N[C@H](C)C(=O)Nc2ccncc2Cl)cc1. The highest BCUT2D eigenvalue weighted by atomic mass is 35.5. The number of ether oxygens (including phenoxy) is 1. The number of carbonyl (C=O) groups excluding carboxylic acids is 2. The summed E-state index contributed by atoms with van der Waals surface area (Å²) in [7, 11) is 1.59. The Kier molecular flexibility index (Phi) is 6.54.